The number of nitrogen functional groups attached to an aromatic ring is 1. The standard InChI is InChI=1S/C21H22N4O2/c1-12-16-17(18(24-12)14-7-9-15(10-8-14)19(22)23)21(27)25(20(16)26)11-13-5-3-2-4-6-13/h2-10,12,16-18,24H,11H2,1H3,(H3,22,23)/t12-,16-,17-,18-/m1/s1. The van der Waals surface area contributed by atoms with E-state index in [1.54, 1.807) is 12.1 Å². The maximum atomic E-state index is 13.1. The molecule has 4 N–H and O–H groups in total. The van der Waals surface area contributed by atoms with Crippen LogP contribution in [0.1, 0.15) is 29.7 Å². The van der Waals surface area contributed by atoms with Crippen molar-refractivity contribution >= 4 is 17.6 Å². The van der Waals surface area contributed by atoms with E-state index in [0.29, 0.717) is 12.1 Å². The number of fused-ring (bicyclic) bond motifs is 1. The molecule has 0 unspecified atom stereocenters. The summed E-state index contributed by atoms with van der Waals surface area (Å²) in [5.41, 5.74) is 8.04. The lowest BCUT2D eigenvalue weighted by Gasteiger charge is -2.21. The number of rotatable bonds is 4. The average Bonchev–Trinajstić information content (AvgIpc) is 3.14. The second-order valence-corrected chi connectivity index (χ2v) is 7.27. The van der Waals surface area contributed by atoms with Gasteiger partial charge >= 0.3 is 0 Å². The number of nitrogens with one attached hydrogen (secondary N) is 2. The lowest BCUT2D eigenvalue weighted by atomic mass is 9.87. The van der Waals surface area contributed by atoms with Gasteiger partial charge in [0.25, 0.3) is 0 Å². The summed E-state index contributed by atoms with van der Waals surface area (Å²) in [4.78, 5) is 27.5. The number of nitrogens with zero attached hydrogens (tertiary/aromatic N) is 1. The van der Waals surface area contributed by atoms with Crippen LogP contribution in [-0.2, 0) is 16.1 Å². The van der Waals surface area contributed by atoms with Crippen LogP contribution in [0.2, 0.25) is 0 Å². The molecule has 0 aliphatic carbocycles. The lowest BCUT2D eigenvalue weighted by Crippen LogP contribution is -2.37. The molecule has 2 aliphatic heterocycles. The van der Waals surface area contributed by atoms with Gasteiger partial charge in [0.1, 0.15) is 5.84 Å². The number of carbonyl (C=O) groups is 2. The van der Waals surface area contributed by atoms with Crippen LogP contribution in [0.15, 0.2) is 54.6 Å². The Labute approximate surface area is 157 Å². The van der Waals surface area contributed by atoms with Gasteiger partial charge in [-0.3, -0.25) is 19.9 Å². The van der Waals surface area contributed by atoms with Crippen molar-refractivity contribution in [1.29, 1.82) is 5.41 Å². The number of carbonyl (C=O) groups excluding carboxylic acids is 2. The predicted molar refractivity (Wildman–Crippen MR) is 102 cm³/mol. The van der Waals surface area contributed by atoms with Crippen LogP contribution >= 0.6 is 0 Å². The average molecular weight is 362 g/mol. The number of likely N-dealkylation sites (tertiary alicyclic amines) is 1. The third-order valence-electron chi connectivity index (χ3n) is 5.59. The topological polar surface area (TPSA) is 99.3 Å². The van der Waals surface area contributed by atoms with E-state index in [-0.39, 0.29) is 35.7 Å². The first-order chi connectivity index (χ1) is 13.0. The van der Waals surface area contributed by atoms with Crippen molar-refractivity contribution in [2.75, 3.05) is 0 Å². The minimum absolute atomic E-state index is 0.00772. The summed E-state index contributed by atoms with van der Waals surface area (Å²) >= 11 is 0. The Morgan fingerprint density at radius 1 is 1.04 bits per heavy atom. The van der Waals surface area contributed by atoms with E-state index >= 15 is 0 Å². The van der Waals surface area contributed by atoms with Gasteiger partial charge in [0.05, 0.1) is 18.4 Å². The molecular weight excluding hydrogens is 340 g/mol. The quantitative estimate of drug-likeness (QED) is 0.439. The summed E-state index contributed by atoms with van der Waals surface area (Å²) < 4.78 is 0. The van der Waals surface area contributed by atoms with E-state index in [1.807, 2.05) is 49.4 Å². The highest BCUT2D eigenvalue weighted by atomic mass is 16.2. The maximum Gasteiger partial charge on any atom is 0.235 e. The Morgan fingerprint density at radius 2 is 1.67 bits per heavy atom. The summed E-state index contributed by atoms with van der Waals surface area (Å²) in [6.07, 6.45) is 0. The SMILES string of the molecule is C[C@H]1N[C@H](c2ccc(C(=N)N)cc2)[C@@H]2C(=O)N(Cc3ccccc3)C(=O)[C@@H]21. The Kier molecular flexibility index (Phi) is 4.28. The van der Waals surface area contributed by atoms with Crippen molar-refractivity contribution < 1.29 is 9.59 Å². The van der Waals surface area contributed by atoms with E-state index in [2.05, 4.69) is 5.32 Å². The fourth-order valence-corrected chi connectivity index (χ4v) is 4.24. The number of amides is 2. The Balaban J connectivity index is 1.62. The number of imide groups is 1. The normalized spacial score (nSPS) is 27.1. The Bertz CT molecular complexity index is 894. The number of nitrogens with two attached hydrogens (primary N) is 1. The molecule has 2 heterocycles. The van der Waals surface area contributed by atoms with Crippen molar-refractivity contribution in [3.63, 3.8) is 0 Å². The lowest BCUT2D eigenvalue weighted by molar-refractivity contribution is -0.141. The highest BCUT2D eigenvalue weighted by Gasteiger charge is 2.57. The van der Waals surface area contributed by atoms with Gasteiger partial charge in [-0.15, -0.1) is 0 Å². The molecule has 2 aliphatic rings. The molecule has 2 saturated heterocycles. The van der Waals surface area contributed by atoms with Crippen molar-refractivity contribution in [3.05, 3.63) is 71.3 Å². The number of hydrogen-bond acceptors (Lipinski definition) is 4. The van der Waals surface area contributed by atoms with Crippen molar-refractivity contribution in [1.82, 2.24) is 10.2 Å². The smallest absolute Gasteiger partial charge is 0.235 e. The molecule has 0 saturated carbocycles. The predicted octanol–water partition coefficient (Wildman–Crippen LogP) is 1.80. The monoisotopic (exact) mass is 362 g/mol. The van der Waals surface area contributed by atoms with Gasteiger partial charge < -0.3 is 11.1 Å². The van der Waals surface area contributed by atoms with E-state index in [9.17, 15) is 9.59 Å². The maximum absolute atomic E-state index is 13.1. The molecule has 2 aromatic carbocycles. The molecule has 0 aromatic heterocycles. The molecule has 27 heavy (non-hydrogen) atoms. The van der Waals surface area contributed by atoms with E-state index in [4.69, 9.17) is 11.1 Å². The molecule has 6 nitrogen and oxygen atoms in total. The third kappa shape index (κ3) is 2.92. The summed E-state index contributed by atoms with van der Waals surface area (Å²) in [5.74, 6) is -0.963. The zero-order valence-corrected chi connectivity index (χ0v) is 15.1. The van der Waals surface area contributed by atoms with Crippen molar-refractivity contribution in [2.24, 2.45) is 17.6 Å². The van der Waals surface area contributed by atoms with Crippen LogP contribution < -0.4 is 11.1 Å². The van der Waals surface area contributed by atoms with E-state index in [1.165, 1.54) is 4.90 Å². The van der Waals surface area contributed by atoms with Crippen LogP contribution in [0.25, 0.3) is 0 Å². The first-order valence-electron chi connectivity index (χ1n) is 9.07. The van der Waals surface area contributed by atoms with Gasteiger partial charge in [-0.25, -0.2) is 0 Å². The van der Waals surface area contributed by atoms with Crippen LogP contribution in [0.5, 0.6) is 0 Å². The van der Waals surface area contributed by atoms with Gasteiger partial charge in [-0.2, -0.15) is 0 Å². The van der Waals surface area contributed by atoms with E-state index < -0.39 is 5.92 Å². The van der Waals surface area contributed by atoms with Gasteiger partial charge in [0.2, 0.25) is 11.8 Å². The van der Waals surface area contributed by atoms with Crippen LogP contribution in [-0.4, -0.2) is 28.6 Å². The van der Waals surface area contributed by atoms with Gasteiger partial charge in [-0.1, -0.05) is 54.6 Å². The first-order valence-corrected chi connectivity index (χ1v) is 9.07. The van der Waals surface area contributed by atoms with Crippen LogP contribution in [0.3, 0.4) is 0 Å². The van der Waals surface area contributed by atoms with Crippen LogP contribution in [0.4, 0.5) is 0 Å². The second kappa shape index (κ2) is 6.63. The zero-order valence-electron chi connectivity index (χ0n) is 15.1. The summed E-state index contributed by atoms with van der Waals surface area (Å²) in [5, 5.41) is 10.9. The minimum atomic E-state index is -0.403. The first kappa shape index (κ1) is 17.4. The Morgan fingerprint density at radius 3 is 2.30 bits per heavy atom. The van der Waals surface area contributed by atoms with Crippen molar-refractivity contribution in [2.45, 2.75) is 25.6 Å². The van der Waals surface area contributed by atoms with Gasteiger partial charge in [0, 0.05) is 17.6 Å². The third-order valence-corrected chi connectivity index (χ3v) is 5.59. The second-order valence-electron chi connectivity index (χ2n) is 7.27. The summed E-state index contributed by atoms with van der Waals surface area (Å²) in [6, 6.07) is 16.6. The molecule has 2 fully saturated rings. The molecule has 4 rings (SSSR count). The van der Waals surface area contributed by atoms with E-state index in [0.717, 1.165) is 11.1 Å². The molecule has 4 atom stereocenters. The molecular formula is C21H22N4O2. The number of amidine groups is 1. The fourth-order valence-electron chi connectivity index (χ4n) is 4.24. The molecule has 2 amide bonds. The molecule has 138 valence electrons. The largest absolute Gasteiger partial charge is 0.384 e. The highest BCUT2D eigenvalue weighted by Crippen LogP contribution is 2.44. The molecule has 0 spiro atoms. The minimum Gasteiger partial charge on any atom is -0.384 e. The van der Waals surface area contributed by atoms with Crippen LogP contribution in [0, 0.1) is 17.2 Å². The van der Waals surface area contributed by atoms with Gasteiger partial charge in [-0.05, 0) is 18.1 Å². The molecule has 6 heteroatoms. The summed E-state index contributed by atoms with van der Waals surface area (Å²) in [6.45, 7) is 2.27. The molecule has 2 aromatic rings. The van der Waals surface area contributed by atoms with Crippen molar-refractivity contribution in [3.8, 4) is 0 Å². The number of hydrogen-bond donors (Lipinski definition) is 3. The highest BCUT2D eigenvalue weighted by molar-refractivity contribution is 6.06. The fraction of sp³-hybridized carbons (Fsp3) is 0.286. The van der Waals surface area contributed by atoms with Gasteiger partial charge in [0.15, 0.2) is 0 Å². The number of benzene rings is 2. The molecule has 0 radical (unpaired) electrons. The summed E-state index contributed by atoms with van der Waals surface area (Å²) in [7, 11) is 0. The zero-order chi connectivity index (χ0) is 19.1. The Hall–Kier alpha value is -2.99. The molecule has 0 bridgehead atoms.